The summed E-state index contributed by atoms with van der Waals surface area (Å²) < 4.78 is 32.1. The number of carbonyl (C=O) groups is 1. The molecule has 2 atom stereocenters. The summed E-state index contributed by atoms with van der Waals surface area (Å²) in [6.07, 6.45) is 2.24. The van der Waals surface area contributed by atoms with Crippen molar-refractivity contribution in [3.8, 4) is 5.75 Å². The number of methoxy groups -OCH3 is 1. The number of sulfonamides is 1. The van der Waals surface area contributed by atoms with Crippen LogP contribution in [0.5, 0.6) is 5.75 Å². The van der Waals surface area contributed by atoms with Crippen LogP contribution in [-0.2, 0) is 14.8 Å². The fourth-order valence-corrected chi connectivity index (χ4v) is 4.65. The third-order valence-corrected chi connectivity index (χ3v) is 6.08. The SMILES string of the molecule is COc1ccc(S(=O)(=O)N2CCCC[C@H](C)[C@H]2C(=O)NO)cc1. The van der Waals surface area contributed by atoms with Gasteiger partial charge in [-0.1, -0.05) is 13.3 Å². The summed E-state index contributed by atoms with van der Waals surface area (Å²) in [7, 11) is -2.34. The van der Waals surface area contributed by atoms with Crippen molar-refractivity contribution in [1.82, 2.24) is 9.79 Å². The molecule has 0 saturated carbocycles. The van der Waals surface area contributed by atoms with E-state index in [0.717, 1.165) is 12.8 Å². The van der Waals surface area contributed by atoms with Crippen molar-refractivity contribution in [3.63, 3.8) is 0 Å². The number of nitrogens with zero attached hydrogens (tertiary/aromatic N) is 1. The Morgan fingerprint density at radius 2 is 1.96 bits per heavy atom. The van der Waals surface area contributed by atoms with Crippen LogP contribution in [0.1, 0.15) is 26.2 Å². The van der Waals surface area contributed by atoms with Crippen LogP contribution >= 0.6 is 0 Å². The molecule has 0 radical (unpaired) electrons. The highest BCUT2D eigenvalue weighted by atomic mass is 32.2. The van der Waals surface area contributed by atoms with Crippen molar-refractivity contribution in [2.24, 2.45) is 5.92 Å². The third kappa shape index (κ3) is 3.65. The number of hydrogen-bond donors (Lipinski definition) is 2. The molecule has 1 aromatic carbocycles. The van der Waals surface area contributed by atoms with Crippen LogP contribution in [0.15, 0.2) is 29.2 Å². The Labute approximate surface area is 136 Å². The molecule has 7 nitrogen and oxygen atoms in total. The van der Waals surface area contributed by atoms with Crippen molar-refractivity contribution in [3.05, 3.63) is 24.3 Å². The van der Waals surface area contributed by atoms with Crippen LogP contribution in [0.2, 0.25) is 0 Å². The zero-order valence-electron chi connectivity index (χ0n) is 13.2. The summed E-state index contributed by atoms with van der Waals surface area (Å²) in [4.78, 5) is 12.1. The molecule has 0 bridgehead atoms. The molecular weight excluding hydrogens is 320 g/mol. The van der Waals surface area contributed by atoms with Gasteiger partial charge in [0.1, 0.15) is 11.8 Å². The molecular formula is C15H22N2O5S. The Hall–Kier alpha value is -1.64. The lowest BCUT2D eigenvalue weighted by molar-refractivity contribution is -0.134. The van der Waals surface area contributed by atoms with Gasteiger partial charge in [0.2, 0.25) is 10.0 Å². The van der Waals surface area contributed by atoms with E-state index in [9.17, 15) is 13.2 Å². The number of hydroxylamine groups is 1. The van der Waals surface area contributed by atoms with E-state index in [1.54, 1.807) is 17.6 Å². The predicted molar refractivity (Wildman–Crippen MR) is 83.6 cm³/mol. The average molecular weight is 342 g/mol. The molecule has 0 unspecified atom stereocenters. The molecule has 1 fully saturated rings. The maximum Gasteiger partial charge on any atom is 0.262 e. The fraction of sp³-hybridized carbons (Fsp3) is 0.533. The Bertz CT molecular complexity index is 644. The number of carbonyl (C=O) groups excluding carboxylic acids is 1. The normalized spacial score (nSPS) is 23.1. The minimum absolute atomic E-state index is 0.100. The molecule has 2 rings (SSSR count). The molecule has 1 heterocycles. The van der Waals surface area contributed by atoms with E-state index in [2.05, 4.69) is 0 Å². The third-order valence-electron chi connectivity index (χ3n) is 4.18. The summed E-state index contributed by atoms with van der Waals surface area (Å²) in [6.45, 7) is 2.07. The lowest BCUT2D eigenvalue weighted by Gasteiger charge is -2.30. The van der Waals surface area contributed by atoms with Crippen molar-refractivity contribution < 1.29 is 23.2 Å². The van der Waals surface area contributed by atoms with Gasteiger partial charge in [-0.3, -0.25) is 10.0 Å². The number of rotatable bonds is 4. The van der Waals surface area contributed by atoms with E-state index < -0.39 is 22.0 Å². The number of hydrogen-bond acceptors (Lipinski definition) is 5. The number of nitrogens with one attached hydrogen (secondary N) is 1. The number of benzene rings is 1. The van der Waals surface area contributed by atoms with E-state index in [1.807, 2.05) is 6.92 Å². The summed E-state index contributed by atoms with van der Waals surface area (Å²) in [5.74, 6) is -0.327. The molecule has 23 heavy (non-hydrogen) atoms. The standard InChI is InChI=1S/C15H22N2O5S/c1-11-5-3-4-10-17(14(11)15(18)16-19)23(20,21)13-8-6-12(22-2)7-9-13/h6-9,11,14,19H,3-5,10H2,1-2H3,(H,16,18)/t11-,14-/m0/s1. The molecule has 8 heteroatoms. The van der Waals surface area contributed by atoms with Gasteiger partial charge in [-0.2, -0.15) is 4.31 Å². The highest BCUT2D eigenvalue weighted by Gasteiger charge is 2.40. The van der Waals surface area contributed by atoms with Gasteiger partial charge in [0.15, 0.2) is 0 Å². The van der Waals surface area contributed by atoms with Crippen LogP contribution in [-0.4, -0.2) is 43.5 Å². The zero-order chi connectivity index (χ0) is 17.0. The number of amides is 1. The topological polar surface area (TPSA) is 95.9 Å². The first-order chi connectivity index (χ1) is 10.9. The van der Waals surface area contributed by atoms with E-state index in [4.69, 9.17) is 9.94 Å². The van der Waals surface area contributed by atoms with Crippen molar-refractivity contribution in [2.75, 3.05) is 13.7 Å². The van der Waals surface area contributed by atoms with Gasteiger partial charge in [0.05, 0.1) is 12.0 Å². The van der Waals surface area contributed by atoms with E-state index >= 15 is 0 Å². The van der Waals surface area contributed by atoms with Crippen molar-refractivity contribution in [2.45, 2.75) is 37.1 Å². The highest BCUT2D eigenvalue weighted by molar-refractivity contribution is 7.89. The molecule has 1 aromatic rings. The van der Waals surface area contributed by atoms with Crippen LogP contribution in [0.4, 0.5) is 0 Å². The Balaban J connectivity index is 2.42. The fourth-order valence-electron chi connectivity index (χ4n) is 2.92. The van der Waals surface area contributed by atoms with Gasteiger partial charge < -0.3 is 4.74 Å². The first kappa shape index (κ1) is 17.7. The summed E-state index contributed by atoms with van der Waals surface area (Å²) in [6, 6.07) is 5.12. The van der Waals surface area contributed by atoms with Crippen LogP contribution in [0.25, 0.3) is 0 Å². The highest BCUT2D eigenvalue weighted by Crippen LogP contribution is 2.29. The van der Waals surface area contributed by atoms with Gasteiger partial charge in [-0.05, 0) is 43.0 Å². The van der Waals surface area contributed by atoms with Crippen molar-refractivity contribution in [1.29, 1.82) is 0 Å². The maximum absolute atomic E-state index is 12.9. The van der Waals surface area contributed by atoms with E-state index in [0.29, 0.717) is 12.2 Å². The molecule has 1 aliphatic heterocycles. The molecule has 1 aliphatic rings. The number of ether oxygens (including phenoxy) is 1. The van der Waals surface area contributed by atoms with Crippen LogP contribution < -0.4 is 10.2 Å². The molecule has 2 N–H and O–H groups in total. The Morgan fingerprint density at radius 1 is 1.30 bits per heavy atom. The summed E-state index contributed by atoms with van der Waals surface area (Å²) >= 11 is 0. The monoisotopic (exact) mass is 342 g/mol. The Morgan fingerprint density at radius 3 is 2.52 bits per heavy atom. The van der Waals surface area contributed by atoms with E-state index in [-0.39, 0.29) is 17.4 Å². The van der Waals surface area contributed by atoms with Gasteiger partial charge >= 0.3 is 0 Å². The molecule has 0 spiro atoms. The first-order valence-electron chi connectivity index (χ1n) is 7.51. The quantitative estimate of drug-likeness (QED) is 0.636. The largest absolute Gasteiger partial charge is 0.497 e. The lowest BCUT2D eigenvalue weighted by Crippen LogP contribution is -2.51. The average Bonchev–Trinajstić information content (AvgIpc) is 2.76. The lowest BCUT2D eigenvalue weighted by atomic mass is 9.97. The zero-order valence-corrected chi connectivity index (χ0v) is 14.0. The van der Waals surface area contributed by atoms with Gasteiger partial charge in [0, 0.05) is 6.54 Å². The molecule has 1 amide bonds. The predicted octanol–water partition coefficient (Wildman–Crippen LogP) is 1.38. The smallest absolute Gasteiger partial charge is 0.262 e. The molecule has 0 aromatic heterocycles. The van der Waals surface area contributed by atoms with Gasteiger partial charge in [0.25, 0.3) is 5.91 Å². The molecule has 128 valence electrons. The van der Waals surface area contributed by atoms with Gasteiger partial charge in [-0.15, -0.1) is 0 Å². The second-order valence-electron chi connectivity index (χ2n) is 5.69. The van der Waals surface area contributed by atoms with Crippen molar-refractivity contribution >= 4 is 15.9 Å². The van der Waals surface area contributed by atoms with Crippen LogP contribution in [0, 0.1) is 5.92 Å². The minimum Gasteiger partial charge on any atom is -0.497 e. The molecule has 0 aliphatic carbocycles. The van der Waals surface area contributed by atoms with Gasteiger partial charge in [-0.25, -0.2) is 13.9 Å². The Kier molecular flexibility index (Phi) is 5.61. The van der Waals surface area contributed by atoms with E-state index in [1.165, 1.54) is 23.5 Å². The summed E-state index contributed by atoms with van der Waals surface area (Å²) in [5.41, 5.74) is 1.60. The van der Waals surface area contributed by atoms with Crippen LogP contribution in [0.3, 0.4) is 0 Å². The molecule has 1 saturated heterocycles. The summed E-state index contributed by atoms with van der Waals surface area (Å²) in [5, 5.41) is 8.98. The maximum atomic E-state index is 12.9. The second-order valence-corrected chi connectivity index (χ2v) is 7.58. The second kappa shape index (κ2) is 7.29. The minimum atomic E-state index is -3.84. The first-order valence-corrected chi connectivity index (χ1v) is 8.95.